The predicted octanol–water partition coefficient (Wildman–Crippen LogP) is 2.36. The molecule has 5 nitrogen and oxygen atoms in total. The monoisotopic (exact) mass is 331 g/mol. The quantitative estimate of drug-likeness (QED) is 0.595. The minimum atomic E-state index is 0.539. The molecule has 2 N–H and O–H groups in total. The zero-order valence-electron chi connectivity index (χ0n) is 15.5. The van der Waals surface area contributed by atoms with Gasteiger partial charge in [0.25, 0.3) is 0 Å². The Morgan fingerprint density at radius 1 is 1.29 bits per heavy atom. The van der Waals surface area contributed by atoms with Crippen LogP contribution >= 0.6 is 0 Å². The molecule has 0 atom stereocenters. The number of guanidine groups is 1. The van der Waals surface area contributed by atoms with Gasteiger partial charge in [-0.1, -0.05) is 13.0 Å². The van der Waals surface area contributed by atoms with Crippen molar-refractivity contribution < 1.29 is 0 Å². The summed E-state index contributed by atoms with van der Waals surface area (Å²) in [5.41, 5.74) is 2.31. The molecule has 134 valence electrons. The molecule has 2 rings (SSSR count). The van der Waals surface area contributed by atoms with Gasteiger partial charge in [-0.25, -0.2) is 0 Å². The first-order valence-electron chi connectivity index (χ1n) is 9.40. The number of likely N-dealkylation sites (tertiary alicyclic amines) is 1. The second-order valence-electron chi connectivity index (χ2n) is 6.58. The molecule has 1 aliphatic heterocycles. The normalized spacial score (nSPS) is 17.0. The zero-order valence-corrected chi connectivity index (χ0v) is 15.5. The van der Waals surface area contributed by atoms with E-state index in [2.05, 4.69) is 46.5 Å². The smallest absolute Gasteiger partial charge is 0.191 e. The summed E-state index contributed by atoms with van der Waals surface area (Å²) in [5.74, 6) is 0.950. The number of aryl methyl sites for hydroxylation is 1. The molecule has 0 radical (unpaired) electrons. The fourth-order valence-electron chi connectivity index (χ4n) is 3.07. The number of aliphatic imine (C=N–C) groups is 1. The number of nitrogens with one attached hydrogen (secondary N) is 2. The van der Waals surface area contributed by atoms with Crippen LogP contribution in [0.3, 0.4) is 0 Å². The summed E-state index contributed by atoms with van der Waals surface area (Å²) < 4.78 is 0. The zero-order chi connectivity index (χ0) is 17.2. The van der Waals surface area contributed by atoms with Crippen LogP contribution < -0.4 is 10.6 Å². The van der Waals surface area contributed by atoms with E-state index in [4.69, 9.17) is 4.99 Å². The summed E-state index contributed by atoms with van der Waals surface area (Å²) in [5, 5.41) is 6.98. The second kappa shape index (κ2) is 10.3. The first-order chi connectivity index (χ1) is 11.7. The fourth-order valence-corrected chi connectivity index (χ4v) is 3.07. The summed E-state index contributed by atoms with van der Waals surface area (Å²) in [4.78, 5) is 11.6. The maximum Gasteiger partial charge on any atom is 0.191 e. The van der Waals surface area contributed by atoms with E-state index in [1.807, 2.05) is 13.1 Å². The highest BCUT2D eigenvalue weighted by Crippen LogP contribution is 2.10. The van der Waals surface area contributed by atoms with E-state index in [0.717, 1.165) is 31.2 Å². The van der Waals surface area contributed by atoms with Crippen molar-refractivity contribution in [2.24, 2.45) is 4.99 Å². The SMILES string of the molecule is CCCN1CCC(NC(=NCCc2ccc(C)nc2)NCC)CC1. The molecule has 0 bridgehead atoms. The molecule has 1 aromatic heterocycles. The molecule has 1 aliphatic rings. The van der Waals surface area contributed by atoms with Gasteiger partial charge in [0.2, 0.25) is 0 Å². The summed E-state index contributed by atoms with van der Waals surface area (Å²) >= 11 is 0. The Morgan fingerprint density at radius 3 is 2.71 bits per heavy atom. The summed E-state index contributed by atoms with van der Waals surface area (Å²) in [6, 6.07) is 4.74. The molecule has 0 amide bonds. The highest BCUT2D eigenvalue weighted by molar-refractivity contribution is 5.80. The van der Waals surface area contributed by atoms with Gasteiger partial charge >= 0.3 is 0 Å². The van der Waals surface area contributed by atoms with Crippen LogP contribution in [0.5, 0.6) is 0 Å². The van der Waals surface area contributed by atoms with Gasteiger partial charge in [-0.05, 0) is 57.7 Å². The Balaban J connectivity index is 1.79. The van der Waals surface area contributed by atoms with Gasteiger partial charge in [0.1, 0.15) is 0 Å². The van der Waals surface area contributed by atoms with Crippen LogP contribution in [0.2, 0.25) is 0 Å². The number of rotatable bonds is 7. The Morgan fingerprint density at radius 2 is 2.08 bits per heavy atom. The van der Waals surface area contributed by atoms with Crippen LogP contribution in [-0.2, 0) is 6.42 Å². The lowest BCUT2D eigenvalue weighted by Gasteiger charge is -2.32. The van der Waals surface area contributed by atoms with Crippen LogP contribution in [0, 0.1) is 6.92 Å². The van der Waals surface area contributed by atoms with Crippen molar-refractivity contribution in [2.45, 2.75) is 52.5 Å². The summed E-state index contributed by atoms with van der Waals surface area (Å²) in [6.45, 7) is 11.7. The third kappa shape index (κ3) is 6.48. The first kappa shape index (κ1) is 18.7. The fraction of sp³-hybridized carbons (Fsp3) is 0.684. The number of nitrogens with zero attached hydrogens (tertiary/aromatic N) is 3. The molecule has 0 saturated carbocycles. The number of pyridine rings is 1. The van der Waals surface area contributed by atoms with E-state index in [-0.39, 0.29) is 0 Å². The van der Waals surface area contributed by atoms with Gasteiger partial charge in [0, 0.05) is 44.1 Å². The average Bonchev–Trinajstić information content (AvgIpc) is 2.59. The van der Waals surface area contributed by atoms with E-state index < -0.39 is 0 Å². The molecule has 0 aromatic carbocycles. The maximum absolute atomic E-state index is 4.73. The van der Waals surface area contributed by atoms with Crippen molar-refractivity contribution in [2.75, 3.05) is 32.7 Å². The molecule has 1 fully saturated rings. The lowest BCUT2D eigenvalue weighted by Crippen LogP contribution is -2.48. The molecule has 2 heterocycles. The van der Waals surface area contributed by atoms with Crippen molar-refractivity contribution in [3.8, 4) is 0 Å². The molecule has 24 heavy (non-hydrogen) atoms. The molecule has 5 heteroatoms. The first-order valence-corrected chi connectivity index (χ1v) is 9.40. The third-order valence-electron chi connectivity index (χ3n) is 4.46. The highest BCUT2D eigenvalue weighted by Gasteiger charge is 2.19. The van der Waals surface area contributed by atoms with E-state index in [0.29, 0.717) is 6.04 Å². The van der Waals surface area contributed by atoms with Crippen LogP contribution in [0.25, 0.3) is 0 Å². The van der Waals surface area contributed by atoms with E-state index >= 15 is 0 Å². The number of aromatic nitrogens is 1. The van der Waals surface area contributed by atoms with Gasteiger partial charge in [0.15, 0.2) is 5.96 Å². The van der Waals surface area contributed by atoms with E-state index in [1.165, 1.54) is 44.5 Å². The molecular weight excluding hydrogens is 298 g/mol. The average molecular weight is 332 g/mol. The number of piperidine rings is 1. The number of hydrogen-bond donors (Lipinski definition) is 2. The molecular formula is C19H33N5. The van der Waals surface area contributed by atoms with Crippen LogP contribution in [-0.4, -0.2) is 54.6 Å². The van der Waals surface area contributed by atoms with Gasteiger partial charge in [-0.3, -0.25) is 9.98 Å². The highest BCUT2D eigenvalue weighted by atomic mass is 15.2. The molecule has 0 unspecified atom stereocenters. The molecule has 1 aromatic rings. The molecule has 0 aliphatic carbocycles. The standard InChI is InChI=1S/C19H33N5/c1-4-12-24-13-9-18(10-14-24)23-19(20-5-2)21-11-8-17-7-6-16(3)22-15-17/h6-7,15,18H,4-5,8-14H2,1-3H3,(H2,20,21,23). The van der Waals surface area contributed by atoms with Crippen LogP contribution in [0.1, 0.15) is 44.4 Å². The minimum Gasteiger partial charge on any atom is -0.357 e. The Labute approximate surface area is 147 Å². The lowest BCUT2D eigenvalue weighted by molar-refractivity contribution is 0.206. The third-order valence-corrected chi connectivity index (χ3v) is 4.46. The van der Waals surface area contributed by atoms with Gasteiger partial charge in [-0.15, -0.1) is 0 Å². The molecule has 0 spiro atoms. The molecule has 1 saturated heterocycles. The van der Waals surface area contributed by atoms with Crippen LogP contribution in [0.4, 0.5) is 0 Å². The predicted molar refractivity (Wildman–Crippen MR) is 102 cm³/mol. The van der Waals surface area contributed by atoms with Gasteiger partial charge in [0.05, 0.1) is 0 Å². The minimum absolute atomic E-state index is 0.539. The lowest BCUT2D eigenvalue weighted by atomic mass is 10.1. The van der Waals surface area contributed by atoms with Crippen LogP contribution in [0.15, 0.2) is 23.3 Å². The topological polar surface area (TPSA) is 52.5 Å². The largest absolute Gasteiger partial charge is 0.357 e. The number of hydrogen-bond acceptors (Lipinski definition) is 3. The Kier molecular flexibility index (Phi) is 8.02. The maximum atomic E-state index is 4.73. The van der Waals surface area contributed by atoms with Crippen molar-refractivity contribution in [1.82, 2.24) is 20.5 Å². The van der Waals surface area contributed by atoms with Crippen molar-refractivity contribution in [3.05, 3.63) is 29.6 Å². The van der Waals surface area contributed by atoms with E-state index in [1.54, 1.807) is 0 Å². The van der Waals surface area contributed by atoms with Crippen molar-refractivity contribution in [1.29, 1.82) is 0 Å². The second-order valence-corrected chi connectivity index (χ2v) is 6.58. The van der Waals surface area contributed by atoms with Gasteiger partial charge in [-0.2, -0.15) is 0 Å². The van der Waals surface area contributed by atoms with Crippen molar-refractivity contribution in [3.63, 3.8) is 0 Å². The van der Waals surface area contributed by atoms with Crippen molar-refractivity contribution >= 4 is 5.96 Å². The Bertz CT molecular complexity index is 489. The van der Waals surface area contributed by atoms with E-state index in [9.17, 15) is 0 Å². The van der Waals surface area contributed by atoms with Gasteiger partial charge < -0.3 is 15.5 Å². The summed E-state index contributed by atoms with van der Waals surface area (Å²) in [7, 11) is 0. The summed E-state index contributed by atoms with van der Waals surface area (Å²) in [6.07, 6.45) is 6.53. The Hall–Kier alpha value is -1.62.